The number of halogens is 1. The van der Waals surface area contributed by atoms with Crippen LogP contribution >= 0.6 is 11.6 Å². The van der Waals surface area contributed by atoms with E-state index in [0.29, 0.717) is 0 Å². The molecule has 0 unspecified atom stereocenters. The van der Waals surface area contributed by atoms with Crippen LogP contribution in [-0.4, -0.2) is 11.6 Å². The molecule has 0 aliphatic heterocycles. The summed E-state index contributed by atoms with van der Waals surface area (Å²) in [7, 11) is 0. The number of para-hydroxylation sites is 1. The van der Waals surface area contributed by atoms with E-state index in [1.165, 1.54) is 5.56 Å². The summed E-state index contributed by atoms with van der Waals surface area (Å²) in [6, 6.07) is 17.2. The Hall–Kier alpha value is -2.00. The van der Waals surface area contributed by atoms with E-state index in [0.717, 1.165) is 36.4 Å². The van der Waals surface area contributed by atoms with Crippen LogP contribution in [0.15, 0.2) is 54.6 Å². The summed E-state index contributed by atoms with van der Waals surface area (Å²) in [5, 5.41) is 6.79. The van der Waals surface area contributed by atoms with Gasteiger partial charge in [0.2, 0.25) is 0 Å². The first-order valence-corrected chi connectivity index (χ1v) is 7.92. The number of anilines is 1. The summed E-state index contributed by atoms with van der Waals surface area (Å²) in [5.41, 5.74) is 1.87. The van der Waals surface area contributed by atoms with Crippen LogP contribution in [0.5, 0.6) is 0 Å². The van der Waals surface area contributed by atoms with Crippen molar-refractivity contribution in [3.63, 3.8) is 0 Å². The van der Waals surface area contributed by atoms with Crippen molar-refractivity contribution in [2.24, 2.45) is 0 Å². The molecule has 4 heteroatoms. The molecule has 1 aliphatic carbocycles. The minimum absolute atomic E-state index is 0.132. The monoisotopic (exact) mass is 314 g/mol. The largest absolute Gasteiger partial charge is 0.332 e. The molecule has 0 saturated heterocycles. The number of amides is 2. The lowest BCUT2D eigenvalue weighted by Gasteiger charge is -2.42. The molecule has 0 bridgehead atoms. The molecular formula is C18H19ClN2O. The lowest BCUT2D eigenvalue weighted by Crippen LogP contribution is -2.56. The maximum Gasteiger partial charge on any atom is 0.319 e. The molecule has 2 aromatic carbocycles. The first-order chi connectivity index (χ1) is 10.7. The number of benzene rings is 2. The van der Waals surface area contributed by atoms with E-state index in [9.17, 15) is 4.79 Å². The van der Waals surface area contributed by atoms with Gasteiger partial charge in [-0.3, -0.25) is 0 Å². The topological polar surface area (TPSA) is 41.1 Å². The molecule has 3 rings (SSSR count). The first kappa shape index (κ1) is 14.9. The summed E-state index contributed by atoms with van der Waals surface area (Å²) in [4.78, 5) is 12.2. The average molecular weight is 315 g/mol. The average Bonchev–Trinajstić information content (AvgIpc) is 2.48. The zero-order valence-electron chi connectivity index (χ0n) is 12.3. The highest BCUT2D eigenvalue weighted by atomic mass is 35.5. The number of urea groups is 1. The fraction of sp³-hybridized carbons (Fsp3) is 0.278. The van der Waals surface area contributed by atoms with Crippen molar-refractivity contribution in [3.8, 4) is 0 Å². The van der Waals surface area contributed by atoms with Gasteiger partial charge in [0.1, 0.15) is 0 Å². The second-order valence-electron chi connectivity index (χ2n) is 5.88. The fourth-order valence-electron chi connectivity index (χ4n) is 2.87. The molecule has 2 N–H and O–H groups in total. The summed E-state index contributed by atoms with van der Waals surface area (Å²) < 4.78 is 0. The standard InChI is InChI=1S/C18H19ClN2O/c19-15-9-7-14(8-10-15)13-18(11-4-12-18)21-17(22)20-16-5-2-1-3-6-16/h1-3,5-10H,4,11-13H2,(H2,20,21,22). The number of carbonyl (C=O) groups excluding carboxylic acids is 1. The van der Waals surface area contributed by atoms with Crippen molar-refractivity contribution in [1.29, 1.82) is 0 Å². The smallest absolute Gasteiger partial charge is 0.319 e. The summed E-state index contributed by atoms with van der Waals surface area (Å²) >= 11 is 5.93. The number of hydrogen-bond donors (Lipinski definition) is 2. The van der Waals surface area contributed by atoms with Gasteiger partial charge in [-0.25, -0.2) is 4.79 Å². The van der Waals surface area contributed by atoms with E-state index >= 15 is 0 Å². The minimum Gasteiger partial charge on any atom is -0.332 e. The highest BCUT2D eigenvalue weighted by Gasteiger charge is 2.38. The van der Waals surface area contributed by atoms with Gasteiger partial charge in [-0.15, -0.1) is 0 Å². The molecule has 22 heavy (non-hydrogen) atoms. The van der Waals surface area contributed by atoms with Crippen LogP contribution < -0.4 is 10.6 Å². The Labute approximate surface area is 135 Å². The third-order valence-corrected chi connectivity index (χ3v) is 4.43. The second kappa shape index (κ2) is 6.41. The Bertz CT molecular complexity index is 636. The molecule has 2 amide bonds. The normalized spacial score (nSPS) is 15.7. The van der Waals surface area contributed by atoms with Gasteiger partial charge < -0.3 is 10.6 Å². The highest BCUT2D eigenvalue weighted by molar-refractivity contribution is 6.30. The Morgan fingerprint density at radius 1 is 1.05 bits per heavy atom. The maximum absolute atomic E-state index is 12.2. The molecule has 1 aliphatic rings. The van der Waals surface area contributed by atoms with Gasteiger partial charge >= 0.3 is 6.03 Å². The Morgan fingerprint density at radius 3 is 2.32 bits per heavy atom. The van der Waals surface area contributed by atoms with Crippen LogP contribution in [0.1, 0.15) is 24.8 Å². The van der Waals surface area contributed by atoms with Crippen LogP contribution in [0.3, 0.4) is 0 Å². The summed E-state index contributed by atoms with van der Waals surface area (Å²) in [6.45, 7) is 0. The molecule has 0 radical (unpaired) electrons. The lowest BCUT2D eigenvalue weighted by molar-refractivity contribution is 0.183. The van der Waals surface area contributed by atoms with E-state index < -0.39 is 0 Å². The third-order valence-electron chi connectivity index (χ3n) is 4.18. The predicted octanol–water partition coefficient (Wildman–Crippen LogP) is 4.63. The van der Waals surface area contributed by atoms with E-state index in [-0.39, 0.29) is 11.6 Å². The zero-order chi connectivity index (χ0) is 15.4. The summed E-state index contributed by atoms with van der Waals surface area (Å²) in [6.07, 6.45) is 4.02. The van der Waals surface area contributed by atoms with Crippen molar-refractivity contribution in [2.45, 2.75) is 31.2 Å². The molecular weight excluding hydrogens is 296 g/mol. The van der Waals surface area contributed by atoms with Gasteiger partial charge in [-0.05, 0) is 55.5 Å². The number of hydrogen-bond acceptors (Lipinski definition) is 1. The van der Waals surface area contributed by atoms with E-state index in [2.05, 4.69) is 10.6 Å². The highest BCUT2D eigenvalue weighted by Crippen LogP contribution is 2.35. The van der Waals surface area contributed by atoms with Gasteiger partial charge in [0.05, 0.1) is 0 Å². The third kappa shape index (κ3) is 3.60. The molecule has 1 fully saturated rings. The molecule has 0 spiro atoms. The molecule has 114 valence electrons. The van der Waals surface area contributed by atoms with Gasteiger partial charge in [0.25, 0.3) is 0 Å². The number of carbonyl (C=O) groups is 1. The van der Waals surface area contributed by atoms with Crippen LogP contribution in [0, 0.1) is 0 Å². The Balaban J connectivity index is 1.63. The molecule has 0 atom stereocenters. The predicted molar refractivity (Wildman–Crippen MR) is 90.3 cm³/mol. The Morgan fingerprint density at radius 2 is 1.73 bits per heavy atom. The Kier molecular flexibility index (Phi) is 4.34. The molecule has 3 nitrogen and oxygen atoms in total. The molecule has 1 saturated carbocycles. The van der Waals surface area contributed by atoms with Gasteiger partial charge in [-0.2, -0.15) is 0 Å². The van der Waals surface area contributed by atoms with Crippen molar-refractivity contribution in [1.82, 2.24) is 5.32 Å². The first-order valence-electron chi connectivity index (χ1n) is 7.54. The van der Waals surface area contributed by atoms with Gasteiger partial charge in [0.15, 0.2) is 0 Å². The van der Waals surface area contributed by atoms with Gasteiger partial charge in [0, 0.05) is 16.2 Å². The van der Waals surface area contributed by atoms with Crippen LogP contribution in [-0.2, 0) is 6.42 Å². The van der Waals surface area contributed by atoms with Crippen molar-refractivity contribution < 1.29 is 4.79 Å². The minimum atomic E-state index is -0.139. The van der Waals surface area contributed by atoms with E-state index in [1.54, 1.807) is 0 Å². The molecule has 0 heterocycles. The van der Waals surface area contributed by atoms with Crippen molar-refractivity contribution in [3.05, 3.63) is 65.2 Å². The van der Waals surface area contributed by atoms with Gasteiger partial charge in [-0.1, -0.05) is 41.9 Å². The molecule has 0 aromatic heterocycles. The van der Waals surface area contributed by atoms with Crippen LogP contribution in [0.4, 0.5) is 10.5 Å². The lowest BCUT2D eigenvalue weighted by atomic mass is 9.73. The summed E-state index contributed by atoms with van der Waals surface area (Å²) in [5.74, 6) is 0. The van der Waals surface area contributed by atoms with Crippen molar-refractivity contribution >= 4 is 23.3 Å². The van der Waals surface area contributed by atoms with Crippen molar-refractivity contribution in [2.75, 3.05) is 5.32 Å². The zero-order valence-corrected chi connectivity index (χ0v) is 13.1. The fourth-order valence-corrected chi connectivity index (χ4v) is 2.99. The number of rotatable bonds is 4. The molecule has 2 aromatic rings. The maximum atomic E-state index is 12.2. The number of nitrogens with one attached hydrogen (secondary N) is 2. The quantitative estimate of drug-likeness (QED) is 0.849. The SMILES string of the molecule is O=C(Nc1ccccc1)NC1(Cc2ccc(Cl)cc2)CCC1. The van der Waals surface area contributed by atoms with Crippen LogP contribution in [0.2, 0.25) is 5.02 Å². The second-order valence-corrected chi connectivity index (χ2v) is 6.32. The van der Waals surface area contributed by atoms with Crippen LogP contribution in [0.25, 0.3) is 0 Å². The van der Waals surface area contributed by atoms with E-state index in [1.807, 2.05) is 54.6 Å². The van der Waals surface area contributed by atoms with E-state index in [4.69, 9.17) is 11.6 Å².